The number of hydrogen-bond acceptors (Lipinski definition) is 3. The summed E-state index contributed by atoms with van der Waals surface area (Å²) in [5.41, 5.74) is 1.89. The van der Waals surface area contributed by atoms with Crippen molar-refractivity contribution in [1.82, 2.24) is 0 Å². The lowest BCUT2D eigenvalue weighted by Crippen LogP contribution is -2.26. The van der Waals surface area contributed by atoms with Gasteiger partial charge in [-0.25, -0.2) is 4.57 Å². The maximum absolute atomic E-state index is 12.3. The highest BCUT2D eigenvalue weighted by molar-refractivity contribution is 5.95. The summed E-state index contributed by atoms with van der Waals surface area (Å²) < 4.78 is 36.6. The SMILES string of the molecule is C[n+]1cc(-c2ccc(OC(F)F)cc2)c2ccc(OCCCO)cc2c1. The van der Waals surface area contributed by atoms with E-state index in [-0.39, 0.29) is 12.4 Å². The van der Waals surface area contributed by atoms with Crippen LogP contribution >= 0.6 is 0 Å². The smallest absolute Gasteiger partial charge is 0.387 e. The monoisotopic (exact) mass is 360 g/mol. The molecule has 0 aliphatic heterocycles. The van der Waals surface area contributed by atoms with E-state index in [0.29, 0.717) is 13.0 Å². The number of nitrogens with zero attached hydrogens (tertiary/aromatic N) is 1. The van der Waals surface area contributed by atoms with Crippen molar-refractivity contribution in [2.24, 2.45) is 7.05 Å². The highest BCUT2D eigenvalue weighted by Crippen LogP contribution is 2.30. The Morgan fingerprint density at radius 1 is 1.04 bits per heavy atom. The zero-order valence-electron chi connectivity index (χ0n) is 14.4. The molecule has 0 aliphatic rings. The summed E-state index contributed by atoms with van der Waals surface area (Å²) in [5.74, 6) is 0.872. The zero-order valence-corrected chi connectivity index (χ0v) is 14.4. The Morgan fingerprint density at radius 2 is 1.77 bits per heavy atom. The topological polar surface area (TPSA) is 42.6 Å². The predicted molar refractivity (Wildman–Crippen MR) is 94.4 cm³/mol. The van der Waals surface area contributed by atoms with Gasteiger partial charge in [-0.2, -0.15) is 8.78 Å². The molecule has 0 radical (unpaired) electrons. The van der Waals surface area contributed by atoms with Crippen LogP contribution < -0.4 is 14.0 Å². The van der Waals surface area contributed by atoms with E-state index in [0.717, 1.165) is 27.6 Å². The minimum atomic E-state index is -2.83. The second-order valence-electron chi connectivity index (χ2n) is 5.91. The van der Waals surface area contributed by atoms with Gasteiger partial charge in [0.15, 0.2) is 12.4 Å². The standard InChI is InChI=1S/C20H20F2NO3/c1-23-12-15-11-17(25-10-2-9-24)7-8-18(15)19(13-23)14-3-5-16(6-4-14)26-20(21)22/h3-8,11-13,20,24H,2,9-10H2,1H3/q+1. The fourth-order valence-electron chi connectivity index (χ4n) is 2.81. The number of hydrogen-bond donors (Lipinski definition) is 1. The van der Waals surface area contributed by atoms with Gasteiger partial charge in [0.25, 0.3) is 0 Å². The Labute approximate surface area is 150 Å². The predicted octanol–water partition coefficient (Wildman–Crippen LogP) is 3.69. The number of benzene rings is 2. The Morgan fingerprint density at radius 3 is 2.46 bits per heavy atom. The van der Waals surface area contributed by atoms with Crippen molar-refractivity contribution in [3.8, 4) is 22.6 Å². The van der Waals surface area contributed by atoms with E-state index in [2.05, 4.69) is 4.74 Å². The lowest BCUT2D eigenvalue weighted by Gasteiger charge is -2.10. The minimum absolute atomic E-state index is 0.0952. The molecule has 1 aromatic heterocycles. The van der Waals surface area contributed by atoms with Crippen molar-refractivity contribution < 1.29 is 27.9 Å². The molecule has 3 aromatic rings. The molecule has 0 aliphatic carbocycles. The summed E-state index contributed by atoms with van der Waals surface area (Å²) >= 11 is 0. The molecule has 26 heavy (non-hydrogen) atoms. The number of aliphatic hydroxyl groups excluding tert-OH is 1. The molecular weight excluding hydrogens is 340 g/mol. The molecule has 3 rings (SSSR count). The summed E-state index contributed by atoms with van der Waals surface area (Å²) in [4.78, 5) is 0. The van der Waals surface area contributed by atoms with Gasteiger partial charge in [-0.1, -0.05) is 12.1 Å². The van der Waals surface area contributed by atoms with E-state index < -0.39 is 6.61 Å². The van der Waals surface area contributed by atoms with Crippen LogP contribution in [0.25, 0.3) is 21.9 Å². The lowest BCUT2D eigenvalue weighted by molar-refractivity contribution is -0.669. The third-order valence-corrected chi connectivity index (χ3v) is 3.95. The number of aromatic nitrogens is 1. The van der Waals surface area contributed by atoms with Crippen LogP contribution in [0.1, 0.15) is 6.42 Å². The fourth-order valence-corrected chi connectivity index (χ4v) is 2.81. The van der Waals surface area contributed by atoms with Crippen LogP contribution in [0.3, 0.4) is 0 Å². The summed E-state index contributed by atoms with van der Waals surface area (Å²) in [7, 11) is 1.93. The molecule has 4 nitrogen and oxygen atoms in total. The van der Waals surface area contributed by atoms with Gasteiger partial charge in [-0.05, 0) is 35.9 Å². The van der Waals surface area contributed by atoms with Crippen LogP contribution in [0.2, 0.25) is 0 Å². The molecule has 0 fully saturated rings. The van der Waals surface area contributed by atoms with E-state index in [9.17, 15) is 8.78 Å². The molecule has 0 unspecified atom stereocenters. The van der Waals surface area contributed by atoms with E-state index in [1.165, 1.54) is 12.1 Å². The third kappa shape index (κ3) is 4.26. The van der Waals surface area contributed by atoms with E-state index in [1.54, 1.807) is 12.1 Å². The molecule has 1 heterocycles. The van der Waals surface area contributed by atoms with Gasteiger partial charge in [0.2, 0.25) is 0 Å². The number of halogens is 2. The number of fused-ring (bicyclic) bond motifs is 1. The van der Waals surface area contributed by atoms with Gasteiger partial charge >= 0.3 is 6.61 Å². The second kappa shape index (κ2) is 8.10. The van der Waals surface area contributed by atoms with Gasteiger partial charge in [0.05, 0.1) is 12.2 Å². The van der Waals surface area contributed by atoms with Crippen molar-refractivity contribution in [3.63, 3.8) is 0 Å². The van der Waals surface area contributed by atoms with Gasteiger partial charge < -0.3 is 14.6 Å². The molecule has 136 valence electrons. The molecule has 1 N–H and O–H groups in total. The molecule has 6 heteroatoms. The summed E-state index contributed by atoms with van der Waals surface area (Å²) in [6.45, 7) is -2.28. The molecule has 0 spiro atoms. The van der Waals surface area contributed by atoms with E-state index in [4.69, 9.17) is 9.84 Å². The maximum atomic E-state index is 12.3. The maximum Gasteiger partial charge on any atom is 0.387 e. The Kier molecular flexibility index (Phi) is 5.63. The van der Waals surface area contributed by atoms with Crippen LogP contribution in [0.5, 0.6) is 11.5 Å². The number of rotatable bonds is 7. The Bertz CT molecular complexity index is 882. The number of pyridine rings is 1. The summed E-state index contributed by atoms with van der Waals surface area (Å²) in [6.07, 6.45) is 4.56. The van der Waals surface area contributed by atoms with E-state index in [1.807, 2.05) is 42.2 Å². The molecule has 0 amide bonds. The third-order valence-electron chi connectivity index (χ3n) is 3.95. The van der Waals surface area contributed by atoms with Crippen LogP contribution in [-0.4, -0.2) is 24.9 Å². The first-order valence-corrected chi connectivity index (χ1v) is 8.29. The van der Waals surface area contributed by atoms with Crippen molar-refractivity contribution in [3.05, 3.63) is 54.9 Å². The van der Waals surface area contributed by atoms with E-state index >= 15 is 0 Å². The molecule has 2 aromatic carbocycles. The minimum Gasteiger partial charge on any atom is -0.493 e. The van der Waals surface area contributed by atoms with Crippen molar-refractivity contribution in [2.45, 2.75) is 13.0 Å². The van der Waals surface area contributed by atoms with Crippen molar-refractivity contribution in [1.29, 1.82) is 0 Å². The average molecular weight is 360 g/mol. The first-order chi connectivity index (χ1) is 12.6. The normalized spacial score (nSPS) is 11.1. The highest BCUT2D eigenvalue weighted by atomic mass is 19.3. The first-order valence-electron chi connectivity index (χ1n) is 8.29. The molecular formula is C20H20F2NO3+. The molecule has 0 saturated heterocycles. The van der Waals surface area contributed by atoms with Gasteiger partial charge in [-0.15, -0.1) is 0 Å². The summed E-state index contributed by atoms with van der Waals surface area (Å²) in [6, 6.07) is 12.4. The summed E-state index contributed by atoms with van der Waals surface area (Å²) in [5, 5.41) is 10.9. The Balaban J connectivity index is 1.95. The van der Waals surface area contributed by atoms with Crippen molar-refractivity contribution >= 4 is 10.8 Å². The molecule has 0 saturated carbocycles. The number of ether oxygens (including phenoxy) is 2. The van der Waals surface area contributed by atoms with Gasteiger partial charge in [-0.3, -0.25) is 0 Å². The lowest BCUT2D eigenvalue weighted by atomic mass is 10.0. The number of aliphatic hydroxyl groups is 1. The van der Waals surface area contributed by atoms with Gasteiger partial charge in [0, 0.05) is 23.8 Å². The number of aryl methyl sites for hydroxylation is 1. The second-order valence-corrected chi connectivity index (χ2v) is 5.91. The van der Waals surface area contributed by atoms with Crippen LogP contribution in [-0.2, 0) is 7.05 Å². The van der Waals surface area contributed by atoms with Crippen LogP contribution in [0.4, 0.5) is 8.78 Å². The van der Waals surface area contributed by atoms with Gasteiger partial charge in [0.1, 0.15) is 18.5 Å². The van der Waals surface area contributed by atoms with Crippen molar-refractivity contribution in [2.75, 3.05) is 13.2 Å². The number of alkyl halides is 2. The first kappa shape index (κ1) is 18.1. The molecule has 0 bridgehead atoms. The average Bonchev–Trinajstić information content (AvgIpc) is 2.61. The highest BCUT2D eigenvalue weighted by Gasteiger charge is 2.12. The van der Waals surface area contributed by atoms with Crippen LogP contribution in [0.15, 0.2) is 54.9 Å². The molecule has 0 atom stereocenters. The fraction of sp³-hybridized carbons (Fsp3) is 0.250. The Hall–Kier alpha value is -2.73. The largest absolute Gasteiger partial charge is 0.493 e. The van der Waals surface area contributed by atoms with Crippen LogP contribution in [0, 0.1) is 0 Å². The zero-order chi connectivity index (χ0) is 18.5. The quantitative estimate of drug-likeness (QED) is 0.516.